The van der Waals surface area contributed by atoms with Crippen LogP contribution in [-0.4, -0.2) is 29.1 Å². The Morgan fingerprint density at radius 2 is 1.73 bits per heavy atom. The fourth-order valence-electron chi connectivity index (χ4n) is 1.95. The SMILES string of the molecule is CN1C(C)(C)CC(N)C1(C)C. The Balaban J connectivity index is 2.89. The van der Waals surface area contributed by atoms with Gasteiger partial charge in [-0.1, -0.05) is 0 Å². The summed E-state index contributed by atoms with van der Waals surface area (Å²) in [5.41, 5.74) is 6.46. The first-order valence-electron chi connectivity index (χ1n) is 4.28. The number of likely N-dealkylation sites (N-methyl/N-ethyl adjacent to an activating group) is 1. The van der Waals surface area contributed by atoms with E-state index in [1.165, 1.54) is 0 Å². The Morgan fingerprint density at radius 1 is 1.27 bits per heavy atom. The van der Waals surface area contributed by atoms with Crippen molar-refractivity contribution in [3.05, 3.63) is 0 Å². The molecule has 0 bridgehead atoms. The molecule has 0 spiro atoms. The molecule has 0 radical (unpaired) electrons. The average molecular weight is 156 g/mol. The molecule has 1 aliphatic heterocycles. The van der Waals surface area contributed by atoms with Gasteiger partial charge in [-0.15, -0.1) is 0 Å². The van der Waals surface area contributed by atoms with Crippen molar-refractivity contribution in [2.75, 3.05) is 7.05 Å². The first kappa shape index (κ1) is 9.01. The fourth-order valence-corrected chi connectivity index (χ4v) is 1.95. The third kappa shape index (κ3) is 1.18. The van der Waals surface area contributed by atoms with Crippen LogP contribution >= 0.6 is 0 Å². The molecule has 2 nitrogen and oxygen atoms in total. The van der Waals surface area contributed by atoms with Gasteiger partial charge in [0.1, 0.15) is 0 Å². The summed E-state index contributed by atoms with van der Waals surface area (Å²) in [4.78, 5) is 2.38. The lowest BCUT2D eigenvalue weighted by Crippen LogP contribution is -2.50. The van der Waals surface area contributed by atoms with Gasteiger partial charge in [0.15, 0.2) is 0 Å². The third-order valence-electron chi connectivity index (χ3n) is 3.40. The van der Waals surface area contributed by atoms with Crippen LogP contribution < -0.4 is 5.73 Å². The second-order valence-corrected chi connectivity index (χ2v) is 4.84. The summed E-state index contributed by atoms with van der Waals surface area (Å²) in [5, 5.41) is 0. The molecule has 0 aromatic rings. The molecule has 0 amide bonds. The van der Waals surface area contributed by atoms with Crippen molar-refractivity contribution in [1.29, 1.82) is 0 Å². The minimum Gasteiger partial charge on any atom is -0.326 e. The minimum absolute atomic E-state index is 0.156. The third-order valence-corrected chi connectivity index (χ3v) is 3.40. The van der Waals surface area contributed by atoms with Crippen LogP contribution in [0.4, 0.5) is 0 Å². The van der Waals surface area contributed by atoms with Gasteiger partial charge in [0, 0.05) is 17.1 Å². The lowest BCUT2D eigenvalue weighted by Gasteiger charge is -2.37. The molecule has 11 heavy (non-hydrogen) atoms. The monoisotopic (exact) mass is 156 g/mol. The van der Waals surface area contributed by atoms with Gasteiger partial charge in [-0.2, -0.15) is 0 Å². The van der Waals surface area contributed by atoms with Gasteiger partial charge in [-0.25, -0.2) is 0 Å². The van der Waals surface area contributed by atoms with E-state index >= 15 is 0 Å². The molecule has 1 atom stereocenters. The summed E-state index contributed by atoms with van der Waals surface area (Å²) in [6.07, 6.45) is 1.09. The van der Waals surface area contributed by atoms with E-state index in [1.807, 2.05) is 0 Å². The highest BCUT2D eigenvalue weighted by Gasteiger charge is 2.47. The lowest BCUT2D eigenvalue weighted by atomic mass is 9.95. The molecule has 0 aromatic carbocycles. The zero-order valence-electron chi connectivity index (χ0n) is 8.31. The predicted molar refractivity (Wildman–Crippen MR) is 48.5 cm³/mol. The van der Waals surface area contributed by atoms with E-state index in [0.29, 0.717) is 6.04 Å². The van der Waals surface area contributed by atoms with Crippen molar-refractivity contribution < 1.29 is 0 Å². The predicted octanol–water partition coefficient (Wildman–Crippen LogP) is 1.21. The van der Waals surface area contributed by atoms with Crippen LogP contribution in [0.5, 0.6) is 0 Å². The van der Waals surface area contributed by atoms with Crippen LogP contribution in [0.2, 0.25) is 0 Å². The van der Waals surface area contributed by atoms with Crippen molar-refractivity contribution >= 4 is 0 Å². The van der Waals surface area contributed by atoms with Gasteiger partial charge in [-0.05, 0) is 41.2 Å². The molecule has 2 heteroatoms. The second kappa shape index (κ2) is 2.20. The van der Waals surface area contributed by atoms with Gasteiger partial charge in [0.05, 0.1) is 0 Å². The van der Waals surface area contributed by atoms with Gasteiger partial charge >= 0.3 is 0 Å². The van der Waals surface area contributed by atoms with Crippen molar-refractivity contribution in [3.8, 4) is 0 Å². The second-order valence-electron chi connectivity index (χ2n) is 4.84. The van der Waals surface area contributed by atoms with Crippen molar-refractivity contribution in [2.45, 2.75) is 51.2 Å². The molecule has 66 valence electrons. The Bertz CT molecular complexity index is 161. The molecular weight excluding hydrogens is 136 g/mol. The fraction of sp³-hybridized carbons (Fsp3) is 1.00. The molecule has 1 aliphatic rings. The Hall–Kier alpha value is -0.0800. The number of likely N-dealkylation sites (tertiary alicyclic amines) is 1. The summed E-state index contributed by atoms with van der Waals surface area (Å²) in [6.45, 7) is 8.93. The van der Waals surface area contributed by atoms with E-state index in [1.54, 1.807) is 0 Å². The van der Waals surface area contributed by atoms with Crippen LogP contribution in [0.1, 0.15) is 34.1 Å². The zero-order chi connectivity index (χ0) is 8.86. The van der Waals surface area contributed by atoms with Crippen molar-refractivity contribution in [1.82, 2.24) is 4.90 Å². The zero-order valence-corrected chi connectivity index (χ0v) is 8.31. The summed E-state index contributed by atoms with van der Waals surface area (Å²) in [7, 11) is 2.16. The van der Waals surface area contributed by atoms with E-state index < -0.39 is 0 Å². The molecule has 1 saturated heterocycles. The van der Waals surface area contributed by atoms with Gasteiger partial charge in [0.2, 0.25) is 0 Å². The molecule has 1 heterocycles. The normalized spacial score (nSPS) is 36.0. The highest BCUT2D eigenvalue weighted by molar-refractivity contribution is 5.06. The van der Waals surface area contributed by atoms with Crippen molar-refractivity contribution in [3.63, 3.8) is 0 Å². The Kier molecular flexibility index (Phi) is 1.81. The highest BCUT2D eigenvalue weighted by Crippen LogP contribution is 2.37. The smallest absolute Gasteiger partial charge is 0.0307 e. The minimum atomic E-state index is 0.156. The quantitative estimate of drug-likeness (QED) is 0.571. The molecule has 2 N–H and O–H groups in total. The molecule has 0 aromatic heterocycles. The molecular formula is C9H20N2. The molecule has 1 fully saturated rings. The maximum Gasteiger partial charge on any atom is 0.0307 e. The Morgan fingerprint density at radius 3 is 1.82 bits per heavy atom. The number of rotatable bonds is 0. The maximum atomic E-state index is 6.04. The summed E-state index contributed by atoms with van der Waals surface area (Å²) in [6, 6.07) is 0.308. The first-order chi connectivity index (χ1) is 4.78. The number of hydrogen-bond acceptors (Lipinski definition) is 2. The van der Waals surface area contributed by atoms with Crippen LogP contribution in [0, 0.1) is 0 Å². The highest BCUT2D eigenvalue weighted by atomic mass is 15.3. The van der Waals surface area contributed by atoms with Gasteiger partial charge in [0.25, 0.3) is 0 Å². The largest absolute Gasteiger partial charge is 0.326 e. The summed E-state index contributed by atoms with van der Waals surface area (Å²) in [5.74, 6) is 0. The molecule has 0 aliphatic carbocycles. The number of hydrogen-bond donors (Lipinski definition) is 1. The van der Waals surface area contributed by atoms with Crippen LogP contribution in [0.3, 0.4) is 0 Å². The van der Waals surface area contributed by atoms with Crippen LogP contribution in [0.15, 0.2) is 0 Å². The number of nitrogens with zero attached hydrogens (tertiary/aromatic N) is 1. The average Bonchev–Trinajstić information content (AvgIpc) is 1.94. The van der Waals surface area contributed by atoms with E-state index in [9.17, 15) is 0 Å². The first-order valence-corrected chi connectivity index (χ1v) is 4.28. The van der Waals surface area contributed by atoms with Crippen LogP contribution in [-0.2, 0) is 0 Å². The maximum absolute atomic E-state index is 6.04. The van der Waals surface area contributed by atoms with E-state index in [0.717, 1.165) is 6.42 Å². The molecule has 1 unspecified atom stereocenters. The molecule has 1 rings (SSSR count). The van der Waals surface area contributed by atoms with Crippen molar-refractivity contribution in [2.24, 2.45) is 5.73 Å². The number of nitrogens with two attached hydrogens (primary N) is 1. The van der Waals surface area contributed by atoms with E-state index in [2.05, 4.69) is 39.6 Å². The van der Waals surface area contributed by atoms with Crippen LogP contribution in [0.25, 0.3) is 0 Å². The molecule has 0 saturated carbocycles. The topological polar surface area (TPSA) is 29.3 Å². The van der Waals surface area contributed by atoms with Gasteiger partial charge < -0.3 is 5.73 Å². The van der Waals surface area contributed by atoms with E-state index in [4.69, 9.17) is 5.73 Å². The summed E-state index contributed by atoms with van der Waals surface area (Å²) < 4.78 is 0. The van der Waals surface area contributed by atoms with E-state index in [-0.39, 0.29) is 11.1 Å². The lowest BCUT2D eigenvalue weighted by molar-refractivity contribution is 0.110. The summed E-state index contributed by atoms with van der Waals surface area (Å²) >= 11 is 0. The van der Waals surface area contributed by atoms with Gasteiger partial charge in [-0.3, -0.25) is 4.90 Å². The standard InChI is InChI=1S/C9H20N2/c1-8(2)6-7(10)9(3,4)11(8)5/h7H,6,10H2,1-5H3. The Labute approximate surface area is 69.8 Å².